The van der Waals surface area contributed by atoms with Gasteiger partial charge in [-0.05, 0) is 38.0 Å². The van der Waals surface area contributed by atoms with Crippen molar-refractivity contribution in [3.05, 3.63) is 29.8 Å². The maximum absolute atomic E-state index is 12.6. The van der Waals surface area contributed by atoms with Gasteiger partial charge >= 0.3 is 0 Å². The largest absolute Gasteiger partial charge is 0.379 e. The van der Waals surface area contributed by atoms with Crippen LogP contribution in [0, 0.1) is 0 Å². The Labute approximate surface area is 161 Å². The Morgan fingerprint density at radius 1 is 1.07 bits per heavy atom. The van der Waals surface area contributed by atoms with Crippen molar-refractivity contribution < 1.29 is 22.7 Å². The first-order valence-corrected chi connectivity index (χ1v) is 10.9. The summed E-state index contributed by atoms with van der Waals surface area (Å²) in [6.07, 6.45) is 1.12. The van der Waals surface area contributed by atoms with Crippen LogP contribution in [0.15, 0.2) is 29.2 Å². The topological polar surface area (TPSA) is 76.2 Å². The number of amides is 1. The summed E-state index contributed by atoms with van der Waals surface area (Å²) in [4.78, 5) is 14.6. The zero-order valence-electron chi connectivity index (χ0n) is 16.0. The van der Waals surface area contributed by atoms with Gasteiger partial charge in [0.15, 0.2) is 0 Å². The van der Waals surface area contributed by atoms with E-state index in [0.29, 0.717) is 52.2 Å². The number of hydrogen-bond donors (Lipinski definition) is 0. The maximum atomic E-state index is 12.6. The van der Waals surface area contributed by atoms with Crippen molar-refractivity contribution in [2.24, 2.45) is 0 Å². The molecule has 2 atom stereocenters. The van der Waals surface area contributed by atoms with Gasteiger partial charge in [-0.25, -0.2) is 8.42 Å². The lowest BCUT2D eigenvalue weighted by Crippen LogP contribution is -2.48. The van der Waals surface area contributed by atoms with Gasteiger partial charge in [0, 0.05) is 32.6 Å². The summed E-state index contributed by atoms with van der Waals surface area (Å²) in [5.74, 6) is 0.113. The average Bonchev–Trinajstić information content (AvgIpc) is 2.66. The van der Waals surface area contributed by atoms with E-state index in [2.05, 4.69) is 0 Å². The first-order valence-electron chi connectivity index (χ1n) is 9.46. The van der Waals surface area contributed by atoms with E-state index in [9.17, 15) is 13.2 Å². The summed E-state index contributed by atoms with van der Waals surface area (Å²) in [7, 11) is -3.48. The number of carbonyl (C=O) groups excluding carboxylic acids is 1. The highest BCUT2D eigenvalue weighted by Gasteiger charge is 2.27. The summed E-state index contributed by atoms with van der Waals surface area (Å²) in [5, 5.41) is 0. The van der Waals surface area contributed by atoms with Gasteiger partial charge in [-0.15, -0.1) is 0 Å². The minimum Gasteiger partial charge on any atom is -0.379 e. The predicted molar refractivity (Wildman–Crippen MR) is 101 cm³/mol. The molecule has 8 heteroatoms. The molecule has 2 aliphatic rings. The van der Waals surface area contributed by atoms with Crippen molar-refractivity contribution in [1.29, 1.82) is 0 Å². The molecule has 0 N–H and O–H groups in total. The molecule has 0 bridgehead atoms. The molecule has 27 heavy (non-hydrogen) atoms. The van der Waals surface area contributed by atoms with E-state index in [1.54, 1.807) is 24.3 Å². The van der Waals surface area contributed by atoms with E-state index in [0.717, 1.165) is 5.56 Å². The molecule has 1 amide bonds. The molecule has 2 saturated heterocycles. The molecular weight excluding hydrogens is 368 g/mol. The minimum absolute atomic E-state index is 0.0578. The number of carbonyl (C=O) groups is 1. The Hall–Kier alpha value is -1.48. The van der Waals surface area contributed by atoms with E-state index in [-0.39, 0.29) is 23.0 Å². The fourth-order valence-corrected chi connectivity index (χ4v) is 4.96. The highest BCUT2D eigenvalue weighted by molar-refractivity contribution is 7.89. The van der Waals surface area contributed by atoms with Crippen LogP contribution in [-0.4, -0.2) is 75.1 Å². The number of aryl methyl sites for hydroxylation is 1. The Balaban J connectivity index is 1.57. The second kappa shape index (κ2) is 8.68. The van der Waals surface area contributed by atoms with Gasteiger partial charge in [-0.2, -0.15) is 4.31 Å². The van der Waals surface area contributed by atoms with Crippen molar-refractivity contribution in [2.75, 3.05) is 39.4 Å². The standard InChI is InChI=1S/C19H28N2O5S/c1-15-13-20(14-16(2)26-15)19(22)8-5-17-3-6-18(7-4-17)27(23,24)21-9-11-25-12-10-21/h3-4,6-7,15-16H,5,8-14H2,1-2H3. The highest BCUT2D eigenvalue weighted by atomic mass is 32.2. The zero-order chi connectivity index (χ0) is 19.4. The second-order valence-electron chi connectivity index (χ2n) is 7.22. The zero-order valence-corrected chi connectivity index (χ0v) is 16.8. The second-order valence-corrected chi connectivity index (χ2v) is 9.15. The molecule has 2 aliphatic heterocycles. The van der Waals surface area contributed by atoms with Crippen LogP contribution in [0.5, 0.6) is 0 Å². The summed E-state index contributed by atoms with van der Waals surface area (Å²) < 4.78 is 37.6. The molecule has 2 heterocycles. The molecule has 0 spiro atoms. The molecule has 3 rings (SSSR count). The van der Waals surface area contributed by atoms with Crippen molar-refractivity contribution in [3.63, 3.8) is 0 Å². The smallest absolute Gasteiger partial charge is 0.243 e. The van der Waals surface area contributed by atoms with Crippen LogP contribution in [0.3, 0.4) is 0 Å². The van der Waals surface area contributed by atoms with E-state index in [1.165, 1.54) is 4.31 Å². The molecule has 0 aromatic heterocycles. The quantitative estimate of drug-likeness (QED) is 0.749. The monoisotopic (exact) mass is 396 g/mol. The Bertz CT molecular complexity index is 734. The van der Waals surface area contributed by atoms with Crippen molar-refractivity contribution in [1.82, 2.24) is 9.21 Å². The fourth-order valence-electron chi connectivity index (χ4n) is 3.56. The molecule has 0 aliphatic carbocycles. The molecule has 0 radical (unpaired) electrons. The van der Waals surface area contributed by atoms with E-state index < -0.39 is 10.0 Å². The maximum Gasteiger partial charge on any atom is 0.243 e. The minimum atomic E-state index is -3.48. The number of rotatable bonds is 5. The highest BCUT2D eigenvalue weighted by Crippen LogP contribution is 2.19. The van der Waals surface area contributed by atoms with Crippen LogP contribution in [0.4, 0.5) is 0 Å². The molecule has 150 valence electrons. The average molecular weight is 397 g/mol. The molecule has 1 aromatic rings. The lowest BCUT2D eigenvalue weighted by atomic mass is 10.1. The van der Waals surface area contributed by atoms with Crippen LogP contribution < -0.4 is 0 Å². The summed E-state index contributed by atoms with van der Waals surface area (Å²) in [5.41, 5.74) is 0.957. The van der Waals surface area contributed by atoms with E-state index >= 15 is 0 Å². The van der Waals surface area contributed by atoms with Crippen molar-refractivity contribution in [2.45, 2.75) is 43.8 Å². The van der Waals surface area contributed by atoms with Crippen LogP contribution in [0.25, 0.3) is 0 Å². The van der Waals surface area contributed by atoms with Crippen LogP contribution in [0.2, 0.25) is 0 Å². The molecular formula is C19H28N2O5S. The fraction of sp³-hybridized carbons (Fsp3) is 0.632. The van der Waals surface area contributed by atoms with Gasteiger partial charge in [0.05, 0.1) is 30.3 Å². The third-order valence-electron chi connectivity index (χ3n) is 4.93. The summed E-state index contributed by atoms with van der Waals surface area (Å²) in [6, 6.07) is 6.85. The first kappa shape index (κ1) is 20.3. The van der Waals surface area contributed by atoms with E-state index in [1.807, 2.05) is 18.7 Å². The Morgan fingerprint density at radius 2 is 1.67 bits per heavy atom. The van der Waals surface area contributed by atoms with Crippen molar-refractivity contribution >= 4 is 15.9 Å². The van der Waals surface area contributed by atoms with Gasteiger partial charge in [0.25, 0.3) is 0 Å². The molecule has 1 aromatic carbocycles. The lowest BCUT2D eigenvalue weighted by Gasteiger charge is -2.35. The van der Waals surface area contributed by atoms with Gasteiger partial charge in [0.1, 0.15) is 0 Å². The number of hydrogen-bond acceptors (Lipinski definition) is 5. The van der Waals surface area contributed by atoms with Crippen LogP contribution >= 0.6 is 0 Å². The van der Waals surface area contributed by atoms with E-state index in [4.69, 9.17) is 9.47 Å². The number of nitrogens with zero attached hydrogens (tertiary/aromatic N) is 2. The van der Waals surface area contributed by atoms with Gasteiger partial charge in [0.2, 0.25) is 15.9 Å². The molecule has 7 nitrogen and oxygen atoms in total. The normalized spacial score (nSPS) is 24.7. The van der Waals surface area contributed by atoms with Gasteiger partial charge < -0.3 is 14.4 Å². The summed E-state index contributed by atoms with van der Waals surface area (Å²) >= 11 is 0. The first-order chi connectivity index (χ1) is 12.9. The number of benzene rings is 1. The number of morpholine rings is 2. The van der Waals surface area contributed by atoms with Crippen molar-refractivity contribution in [3.8, 4) is 0 Å². The molecule has 2 unspecified atom stereocenters. The number of ether oxygens (including phenoxy) is 2. The van der Waals surface area contributed by atoms with Gasteiger partial charge in [-0.3, -0.25) is 4.79 Å². The lowest BCUT2D eigenvalue weighted by molar-refractivity contribution is -0.143. The third-order valence-corrected chi connectivity index (χ3v) is 6.84. The third kappa shape index (κ3) is 5.07. The van der Waals surface area contributed by atoms with Crippen LogP contribution in [0.1, 0.15) is 25.8 Å². The number of sulfonamides is 1. The Kier molecular flexibility index (Phi) is 6.52. The SMILES string of the molecule is CC1CN(C(=O)CCc2ccc(S(=O)(=O)N3CCOCC3)cc2)CC(C)O1. The summed E-state index contributed by atoms with van der Waals surface area (Å²) in [6.45, 7) is 6.83. The Morgan fingerprint density at radius 3 is 2.26 bits per heavy atom. The van der Waals surface area contributed by atoms with Crippen LogP contribution in [-0.2, 0) is 30.7 Å². The van der Waals surface area contributed by atoms with Gasteiger partial charge in [-0.1, -0.05) is 12.1 Å². The molecule has 0 saturated carbocycles. The predicted octanol–water partition coefficient (Wildman–Crippen LogP) is 1.28. The molecule has 2 fully saturated rings.